The zero-order valence-electron chi connectivity index (χ0n) is 23.9. The van der Waals surface area contributed by atoms with E-state index in [1.54, 1.807) is 31.3 Å². The van der Waals surface area contributed by atoms with E-state index in [0.717, 1.165) is 24.8 Å². The fraction of sp³-hybridized carbons (Fsp3) is 0.242. The van der Waals surface area contributed by atoms with E-state index in [1.807, 2.05) is 35.1 Å². The lowest BCUT2D eigenvalue weighted by molar-refractivity contribution is 0.610. The molecule has 216 valence electrons. The summed E-state index contributed by atoms with van der Waals surface area (Å²) >= 11 is 13.5. The Morgan fingerprint density at radius 2 is 1.95 bits per heavy atom. The number of pyridine rings is 1. The van der Waals surface area contributed by atoms with Gasteiger partial charge in [-0.15, -0.1) is 5.10 Å². The molecule has 0 unspecified atom stereocenters. The van der Waals surface area contributed by atoms with Gasteiger partial charge in [-0.25, -0.2) is 4.68 Å². The van der Waals surface area contributed by atoms with Crippen LogP contribution in [0.4, 0.5) is 11.4 Å². The number of rotatable bonds is 11. The van der Waals surface area contributed by atoms with Crippen molar-refractivity contribution in [3.8, 4) is 12.1 Å². The molecule has 0 aliphatic heterocycles. The van der Waals surface area contributed by atoms with Crippen molar-refractivity contribution in [2.24, 2.45) is 0 Å². The first-order chi connectivity index (χ1) is 20.8. The van der Waals surface area contributed by atoms with E-state index in [9.17, 15) is 5.26 Å². The largest absolute Gasteiger partial charge is 0.377 e. The zero-order valence-corrected chi connectivity index (χ0v) is 25.4. The van der Waals surface area contributed by atoms with Gasteiger partial charge in [0, 0.05) is 27.9 Å². The first-order valence-corrected chi connectivity index (χ1v) is 14.7. The number of nitrogens with zero attached hydrogens (tertiary/aromatic N) is 6. The van der Waals surface area contributed by atoms with Crippen LogP contribution >= 0.6 is 23.2 Å². The SMILES string of the molecule is C=C(/C(Cl)=C\C=C(/C)C#N)[C@H](Nc1cc(Cl)c2ncc(C#N)c(N[C@H](CC)c3ccccc3)c2c1)c1cn(C2CC2)nn1. The maximum Gasteiger partial charge on any atom is 0.110 e. The third kappa shape index (κ3) is 6.73. The van der Waals surface area contributed by atoms with Gasteiger partial charge in [0.2, 0.25) is 0 Å². The molecule has 1 saturated carbocycles. The Kier molecular flexibility index (Phi) is 9.11. The number of fused-ring (bicyclic) bond motifs is 1. The highest BCUT2D eigenvalue weighted by atomic mass is 35.5. The highest BCUT2D eigenvalue weighted by Crippen LogP contribution is 2.39. The van der Waals surface area contributed by atoms with Crippen LogP contribution in [0.5, 0.6) is 0 Å². The molecule has 0 amide bonds. The molecule has 10 heteroatoms. The second kappa shape index (κ2) is 13.1. The monoisotopic (exact) mass is 608 g/mol. The predicted molar refractivity (Wildman–Crippen MR) is 172 cm³/mol. The summed E-state index contributed by atoms with van der Waals surface area (Å²) in [5.74, 6) is 0. The van der Waals surface area contributed by atoms with Crippen LogP contribution < -0.4 is 10.6 Å². The van der Waals surface area contributed by atoms with Crippen molar-refractivity contribution in [1.82, 2.24) is 20.0 Å². The molecule has 2 N–H and O–H groups in total. The molecule has 4 aromatic rings. The van der Waals surface area contributed by atoms with Crippen molar-refractivity contribution in [2.75, 3.05) is 10.6 Å². The molecule has 0 bridgehead atoms. The third-order valence-electron chi connectivity index (χ3n) is 7.34. The molecule has 2 heterocycles. The van der Waals surface area contributed by atoms with Gasteiger partial charge in [0.15, 0.2) is 0 Å². The molecule has 43 heavy (non-hydrogen) atoms. The Balaban J connectivity index is 1.57. The minimum absolute atomic E-state index is 0.0341. The second-order valence-electron chi connectivity index (χ2n) is 10.5. The lowest BCUT2D eigenvalue weighted by Crippen LogP contribution is -2.15. The van der Waals surface area contributed by atoms with E-state index >= 15 is 0 Å². The minimum Gasteiger partial charge on any atom is -0.377 e. The molecule has 1 aliphatic carbocycles. The topological polar surface area (TPSA) is 115 Å². The first kappa shape index (κ1) is 29.8. The van der Waals surface area contributed by atoms with Gasteiger partial charge in [0.05, 0.1) is 52.2 Å². The average Bonchev–Trinajstić information content (AvgIpc) is 3.77. The van der Waals surface area contributed by atoms with Gasteiger partial charge in [-0.2, -0.15) is 10.5 Å². The van der Waals surface area contributed by atoms with Crippen LogP contribution in [-0.2, 0) is 0 Å². The average molecular weight is 610 g/mol. The van der Waals surface area contributed by atoms with Gasteiger partial charge in [0.25, 0.3) is 0 Å². The van der Waals surface area contributed by atoms with E-state index in [-0.39, 0.29) is 6.04 Å². The molecule has 0 radical (unpaired) electrons. The van der Waals surface area contributed by atoms with Crippen LogP contribution in [-0.4, -0.2) is 20.0 Å². The Morgan fingerprint density at radius 3 is 2.63 bits per heavy atom. The Morgan fingerprint density at radius 1 is 1.19 bits per heavy atom. The summed E-state index contributed by atoms with van der Waals surface area (Å²) in [6.07, 6.45) is 9.66. The smallest absolute Gasteiger partial charge is 0.110 e. The number of aromatic nitrogens is 4. The lowest BCUT2D eigenvalue weighted by atomic mass is 10.0. The molecule has 0 spiro atoms. The van der Waals surface area contributed by atoms with E-state index < -0.39 is 6.04 Å². The Labute approximate surface area is 260 Å². The number of allylic oxidation sites excluding steroid dienone is 3. The Bertz CT molecular complexity index is 1810. The molecular weight excluding hydrogens is 579 g/mol. The zero-order chi connectivity index (χ0) is 30.5. The van der Waals surface area contributed by atoms with E-state index in [1.165, 1.54) is 0 Å². The van der Waals surface area contributed by atoms with Crippen molar-refractivity contribution in [1.29, 1.82) is 10.5 Å². The molecule has 2 aromatic heterocycles. The van der Waals surface area contributed by atoms with Gasteiger partial charge in [-0.1, -0.05) is 72.2 Å². The third-order valence-corrected chi connectivity index (χ3v) is 8.00. The summed E-state index contributed by atoms with van der Waals surface area (Å²) < 4.78 is 1.86. The van der Waals surface area contributed by atoms with Crippen molar-refractivity contribution >= 4 is 45.5 Å². The number of anilines is 2. The summed E-state index contributed by atoms with van der Waals surface area (Å²) in [6, 6.07) is 17.9. The van der Waals surface area contributed by atoms with Crippen LogP contribution in [0, 0.1) is 22.7 Å². The summed E-state index contributed by atoms with van der Waals surface area (Å²) in [5, 5.41) is 36.5. The van der Waals surface area contributed by atoms with Crippen LogP contribution in [0.1, 0.15) is 68.1 Å². The standard InChI is InChI=1S/C33H30Cl2N8/c1-4-29(22-8-6-5-7-9-22)40-32-23(17-37)18-38-33-26(32)14-24(15-28(33)35)39-31(21(3)27(34)13-10-20(2)16-36)30-19-43(42-41-30)25-11-12-25/h5-10,13-15,18-19,25,29,31,39H,3-4,11-12H2,1-2H3,(H,38,40)/b20-10+,27-13+/t29-,31+/m1/s1. The van der Waals surface area contributed by atoms with Crippen LogP contribution in [0.15, 0.2) is 89.8 Å². The summed E-state index contributed by atoms with van der Waals surface area (Å²) in [7, 11) is 0. The van der Waals surface area contributed by atoms with Crippen LogP contribution in [0.25, 0.3) is 10.9 Å². The summed E-state index contributed by atoms with van der Waals surface area (Å²) in [4.78, 5) is 4.51. The number of nitriles is 2. The molecule has 0 saturated heterocycles. The van der Waals surface area contributed by atoms with Crippen LogP contribution in [0.3, 0.4) is 0 Å². The van der Waals surface area contributed by atoms with Gasteiger partial charge < -0.3 is 10.6 Å². The number of nitrogens with one attached hydrogen (secondary N) is 2. The van der Waals surface area contributed by atoms with Crippen molar-refractivity contribution < 1.29 is 0 Å². The first-order valence-electron chi connectivity index (χ1n) is 14.0. The lowest BCUT2D eigenvalue weighted by Gasteiger charge is -2.23. The highest BCUT2D eigenvalue weighted by Gasteiger charge is 2.28. The number of hydrogen-bond acceptors (Lipinski definition) is 7. The van der Waals surface area contributed by atoms with E-state index in [2.05, 4.69) is 63.7 Å². The maximum absolute atomic E-state index is 10.0. The van der Waals surface area contributed by atoms with Gasteiger partial charge in [0.1, 0.15) is 11.8 Å². The van der Waals surface area contributed by atoms with Crippen molar-refractivity contribution in [3.63, 3.8) is 0 Å². The van der Waals surface area contributed by atoms with Crippen LogP contribution in [0.2, 0.25) is 5.02 Å². The quantitative estimate of drug-likeness (QED) is 0.129. The maximum atomic E-state index is 10.0. The highest BCUT2D eigenvalue weighted by molar-refractivity contribution is 6.36. The molecule has 5 rings (SSSR count). The Hall–Kier alpha value is -4.63. The van der Waals surface area contributed by atoms with Crippen molar-refractivity contribution in [3.05, 3.63) is 112 Å². The summed E-state index contributed by atoms with van der Waals surface area (Å²) in [6.45, 7) is 8.06. The normalized spacial score (nSPS) is 14.9. The summed E-state index contributed by atoms with van der Waals surface area (Å²) in [5.41, 5.74) is 5.09. The molecule has 1 aliphatic rings. The number of benzene rings is 2. The number of halogens is 2. The predicted octanol–water partition coefficient (Wildman–Crippen LogP) is 8.55. The molecule has 2 aromatic carbocycles. The molecule has 8 nitrogen and oxygen atoms in total. The van der Waals surface area contributed by atoms with Crippen molar-refractivity contribution in [2.45, 2.75) is 51.2 Å². The second-order valence-corrected chi connectivity index (χ2v) is 11.3. The van der Waals surface area contributed by atoms with Gasteiger partial charge in [-0.3, -0.25) is 4.98 Å². The molecule has 1 fully saturated rings. The van der Waals surface area contributed by atoms with E-state index in [4.69, 9.17) is 28.5 Å². The minimum atomic E-state index is -0.559. The van der Waals surface area contributed by atoms with E-state index in [0.29, 0.717) is 60.8 Å². The van der Waals surface area contributed by atoms with Gasteiger partial charge >= 0.3 is 0 Å². The van der Waals surface area contributed by atoms with Gasteiger partial charge in [-0.05, 0) is 61.6 Å². The number of hydrogen-bond donors (Lipinski definition) is 2. The fourth-order valence-corrected chi connectivity index (χ4v) is 5.23. The molecular formula is C33H30Cl2N8. The molecule has 2 atom stereocenters. The fourth-order valence-electron chi connectivity index (χ4n) is 4.79.